The minimum atomic E-state index is -3.80. The van der Waals surface area contributed by atoms with E-state index < -0.39 is 16.1 Å². The molecule has 206 valence electrons. The summed E-state index contributed by atoms with van der Waals surface area (Å²) >= 11 is 0. The minimum absolute atomic E-state index is 0.0840. The summed E-state index contributed by atoms with van der Waals surface area (Å²) in [7, 11) is -0.732. The van der Waals surface area contributed by atoms with E-state index in [1.165, 1.54) is 15.7 Å². The molecule has 1 saturated carbocycles. The first-order chi connectivity index (χ1) is 17.2. The van der Waals surface area contributed by atoms with E-state index in [4.69, 9.17) is 4.98 Å². The first kappa shape index (κ1) is 27.6. The number of nitrogens with one attached hydrogen (secondary N) is 1. The number of imidazole rings is 1. The fraction of sp³-hybridized carbons (Fsp3) is 0.680. The topological polar surface area (TPSA) is 90.8 Å². The molecule has 1 aromatic carbocycles. The van der Waals surface area contributed by atoms with Crippen LogP contribution in [0, 0.1) is 5.92 Å². The molecular formula is C25H38F2N6O3S. The van der Waals surface area contributed by atoms with Gasteiger partial charge in [0.05, 0.1) is 16.7 Å². The van der Waals surface area contributed by atoms with E-state index in [1.54, 1.807) is 24.1 Å². The molecule has 1 N–H and O–H groups in total. The molecule has 0 bridgehead atoms. The zero-order valence-electron chi connectivity index (χ0n) is 22.3. The summed E-state index contributed by atoms with van der Waals surface area (Å²) < 4.78 is 58.9. The first-order valence-electron chi connectivity index (χ1n) is 12.8. The SMILES string of the molecule is CNC(=O)N1CCN(S(=O)(=O)N(C)c2ccc3c(c2)nc(C(C)(C)C)n3CC2CCC(F)(F)CC2)CC1. The summed E-state index contributed by atoms with van der Waals surface area (Å²) in [6.45, 7) is 7.87. The van der Waals surface area contributed by atoms with Crippen molar-refractivity contribution >= 4 is 33.0 Å². The number of carbonyl (C=O) groups excluding carboxylic acids is 1. The maximum absolute atomic E-state index is 13.7. The number of urea groups is 1. The molecule has 0 radical (unpaired) electrons. The van der Waals surface area contributed by atoms with Gasteiger partial charge in [-0.05, 0) is 37.0 Å². The van der Waals surface area contributed by atoms with Crippen LogP contribution in [-0.4, -0.2) is 79.4 Å². The number of carbonyl (C=O) groups is 1. The van der Waals surface area contributed by atoms with Crippen LogP contribution in [0.1, 0.15) is 52.3 Å². The van der Waals surface area contributed by atoms with Crippen molar-refractivity contribution in [2.45, 2.75) is 64.3 Å². The second kappa shape index (κ2) is 10.0. The summed E-state index contributed by atoms with van der Waals surface area (Å²) in [5.74, 6) is -1.57. The Kier molecular flexibility index (Phi) is 7.46. The Bertz CT molecular complexity index is 1240. The van der Waals surface area contributed by atoms with Crippen LogP contribution in [0.5, 0.6) is 0 Å². The average Bonchev–Trinajstić information content (AvgIpc) is 3.22. The molecule has 1 saturated heterocycles. The maximum atomic E-state index is 13.7. The highest BCUT2D eigenvalue weighted by atomic mass is 32.2. The zero-order chi connectivity index (χ0) is 27.2. The monoisotopic (exact) mass is 540 g/mol. The number of nitrogens with zero attached hydrogens (tertiary/aromatic N) is 5. The van der Waals surface area contributed by atoms with Gasteiger partial charge in [0.2, 0.25) is 5.92 Å². The van der Waals surface area contributed by atoms with Gasteiger partial charge in [0.15, 0.2) is 0 Å². The maximum Gasteiger partial charge on any atom is 0.317 e. The van der Waals surface area contributed by atoms with E-state index in [0.717, 1.165) is 11.3 Å². The van der Waals surface area contributed by atoms with Gasteiger partial charge in [-0.3, -0.25) is 4.31 Å². The average molecular weight is 541 g/mol. The third-order valence-corrected chi connectivity index (χ3v) is 9.38. The molecule has 2 aliphatic rings. The fourth-order valence-electron chi connectivity index (χ4n) is 5.20. The van der Waals surface area contributed by atoms with E-state index in [9.17, 15) is 22.0 Å². The summed E-state index contributed by atoms with van der Waals surface area (Å²) in [6, 6.07) is 5.19. The molecule has 12 heteroatoms. The molecule has 2 heterocycles. The molecule has 37 heavy (non-hydrogen) atoms. The lowest BCUT2D eigenvalue weighted by Gasteiger charge is -2.36. The lowest BCUT2D eigenvalue weighted by molar-refractivity contribution is -0.0473. The second-order valence-electron chi connectivity index (χ2n) is 11.2. The Labute approximate surface area is 218 Å². The molecule has 1 aromatic heterocycles. The van der Waals surface area contributed by atoms with Crippen molar-refractivity contribution in [3.63, 3.8) is 0 Å². The Morgan fingerprint density at radius 2 is 1.78 bits per heavy atom. The lowest BCUT2D eigenvalue weighted by Crippen LogP contribution is -2.55. The highest BCUT2D eigenvalue weighted by molar-refractivity contribution is 7.90. The third kappa shape index (κ3) is 5.69. The molecule has 0 spiro atoms. The van der Waals surface area contributed by atoms with Crippen LogP contribution >= 0.6 is 0 Å². The van der Waals surface area contributed by atoms with Gasteiger partial charge in [0, 0.05) is 65.1 Å². The summed E-state index contributed by atoms with van der Waals surface area (Å²) in [5.41, 5.74) is 1.76. The van der Waals surface area contributed by atoms with E-state index in [-0.39, 0.29) is 43.3 Å². The van der Waals surface area contributed by atoms with Crippen LogP contribution < -0.4 is 9.62 Å². The smallest absolute Gasteiger partial charge is 0.317 e. The summed E-state index contributed by atoms with van der Waals surface area (Å²) in [6.07, 6.45) is 0.781. The van der Waals surface area contributed by atoms with Gasteiger partial charge < -0.3 is 14.8 Å². The van der Waals surface area contributed by atoms with Crippen molar-refractivity contribution in [2.75, 3.05) is 44.6 Å². The Hall–Kier alpha value is -2.47. The zero-order valence-corrected chi connectivity index (χ0v) is 23.1. The number of aromatic nitrogens is 2. The van der Waals surface area contributed by atoms with Gasteiger partial charge >= 0.3 is 16.2 Å². The van der Waals surface area contributed by atoms with Crippen molar-refractivity contribution in [3.8, 4) is 0 Å². The molecule has 0 unspecified atom stereocenters. The van der Waals surface area contributed by atoms with Crippen LogP contribution in [0.3, 0.4) is 0 Å². The molecule has 2 fully saturated rings. The third-order valence-electron chi connectivity index (χ3n) is 7.46. The number of hydrogen-bond acceptors (Lipinski definition) is 4. The molecular weight excluding hydrogens is 502 g/mol. The van der Waals surface area contributed by atoms with Crippen molar-refractivity contribution in [3.05, 3.63) is 24.0 Å². The number of halogens is 2. The largest absolute Gasteiger partial charge is 0.341 e. The Morgan fingerprint density at radius 3 is 2.35 bits per heavy atom. The van der Waals surface area contributed by atoms with Gasteiger partial charge in [-0.15, -0.1) is 0 Å². The Morgan fingerprint density at radius 1 is 1.16 bits per heavy atom. The van der Waals surface area contributed by atoms with E-state index in [1.807, 2.05) is 6.07 Å². The van der Waals surface area contributed by atoms with Crippen molar-refractivity contribution < 1.29 is 22.0 Å². The first-order valence-corrected chi connectivity index (χ1v) is 14.2. The van der Waals surface area contributed by atoms with Crippen LogP contribution in [0.25, 0.3) is 11.0 Å². The van der Waals surface area contributed by atoms with Crippen molar-refractivity contribution in [1.82, 2.24) is 24.1 Å². The van der Waals surface area contributed by atoms with Crippen LogP contribution in [-0.2, 0) is 22.2 Å². The van der Waals surface area contributed by atoms with Gasteiger partial charge in [-0.2, -0.15) is 12.7 Å². The van der Waals surface area contributed by atoms with Crippen LogP contribution in [0.15, 0.2) is 18.2 Å². The van der Waals surface area contributed by atoms with Gasteiger partial charge in [0.25, 0.3) is 0 Å². The van der Waals surface area contributed by atoms with E-state index in [2.05, 4.69) is 30.7 Å². The molecule has 1 aliphatic carbocycles. The number of fused-ring (bicyclic) bond motifs is 1. The Balaban J connectivity index is 1.58. The van der Waals surface area contributed by atoms with E-state index >= 15 is 0 Å². The number of rotatable bonds is 5. The van der Waals surface area contributed by atoms with Gasteiger partial charge in [0.1, 0.15) is 5.82 Å². The number of benzene rings is 1. The van der Waals surface area contributed by atoms with Gasteiger partial charge in [-0.1, -0.05) is 20.8 Å². The number of hydrogen-bond donors (Lipinski definition) is 1. The van der Waals surface area contributed by atoms with Crippen molar-refractivity contribution in [1.29, 1.82) is 0 Å². The standard InChI is InChI=1S/C25H38F2N6O3S/c1-24(2,3)22-29-20-16-19(6-7-21(20)33(22)17-18-8-10-25(26,27)11-9-18)30(5)37(35,36)32-14-12-31(13-15-32)23(34)28-4/h6-7,16,18H,8-15,17H2,1-5H3,(H,28,34). The summed E-state index contributed by atoms with van der Waals surface area (Å²) in [4.78, 5) is 18.3. The highest BCUT2D eigenvalue weighted by Gasteiger charge is 2.36. The number of amides is 2. The molecule has 4 rings (SSSR count). The van der Waals surface area contributed by atoms with E-state index in [0.29, 0.717) is 43.7 Å². The quantitative estimate of drug-likeness (QED) is 0.625. The highest BCUT2D eigenvalue weighted by Crippen LogP contribution is 2.38. The summed E-state index contributed by atoms with van der Waals surface area (Å²) in [5, 5.41) is 2.57. The van der Waals surface area contributed by atoms with Crippen LogP contribution in [0.4, 0.5) is 19.3 Å². The molecule has 2 amide bonds. The molecule has 1 aliphatic heterocycles. The predicted molar refractivity (Wildman–Crippen MR) is 140 cm³/mol. The number of alkyl halides is 2. The second-order valence-corrected chi connectivity index (χ2v) is 13.1. The number of piperazine rings is 1. The molecule has 0 atom stereocenters. The molecule has 9 nitrogen and oxygen atoms in total. The number of anilines is 1. The van der Waals surface area contributed by atoms with Gasteiger partial charge in [-0.25, -0.2) is 18.6 Å². The fourth-order valence-corrected chi connectivity index (χ4v) is 6.55. The lowest BCUT2D eigenvalue weighted by atomic mass is 9.86. The molecule has 2 aromatic rings. The van der Waals surface area contributed by atoms with Crippen LogP contribution in [0.2, 0.25) is 0 Å². The predicted octanol–water partition coefficient (Wildman–Crippen LogP) is 3.80. The normalized spacial score (nSPS) is 19.8. The minimum Gasteiger partial charge on any atom is -0.341 e. The van der Waals surface area contributed by atoms with Crippen molar-refractivity contribution in [2.24, 2.45) is 5.92 Å².